The van der Waals surface area contributed by atoms with Gasteiger partial charge in [-0.05, 0) is 70.2 Å². The molecule has 168 valence electrons. The highest BCUT2D eigenvalue weighted by molar-refractivity contribution is 6.08. The Kier molecular flexibility index (Phi) is 6.20. The zero-order valence-corrected chi connectivity index (χ0v) is 18.2. The number of carbonyl (C=O) groups excluding carboxylic acids is 3. The second-order valence-corrected chi connectivity index (χ2v) is 8.07. The van der Waals surface area contributed by atoms with Gasteiger partial charge in [0, 0.05) is 5.69 Å². The summed E-state index contributed by atoms with van der Waals surface area (Å²) < 4.78 is 10.8. The molecule has 0 saturated heterocycles. The second kappa shape index (κ2) is 8.70. The lowest BCUT2D eigenvalue weighted by molar-refractivity contribution is -0.133. The highest BCUT2D eigenvalue weighted by Gasteiger charge is 2.41. The van der Waals surface area contributed by atoms with Crippen molar-refractivity contribution in [2.45, 2.75) is 39.4 Å². The maximum absolute atomic E-state index is 12.9. The number of nitrogens with one attached hydrogen (secondary N) is 1. The van der Waals surface area contributed by atoms with E-state index in [0.29, 0.717) is 16.9 Å². The zero-order chi connectivity index (χ0) is 23.6. The van der Waals surface area contributed by atoms with E-state index in [9.17, 15) is 24.3 Å². The number of hydrogen-bond acceptors (Lipinski definition) is 6. The highest BCUT2D eigenvalue weighted by Crippen LogP contribution is 2.38. The monoisotopic (exact) mass is 440 g/mol. The summed E-state index contributed by atoms with van der Waals surface area (Å²) in [5.41, 5.74) is -0.166. The van der Waals surface area contributed by atoms with E-state index in [4.69, 9.17) is 9.47 Å². The normalized spacial score (nSPS) is 14.4. The van der Waals surface area contributed by atoms with Gasteiger partial charge in [0.15, 0.2) is 5.60 Å². The van der Waals surface area contributed by atoms with Crippen LogP contribution in [0, 0.1) is 0 Å². The Balaban J connectivity index is 1.76. The lowest BCUT2D eigenvalue weighted by Crippen LogP contribution is -2.54. The highest BCUT2D eigenvalue weighted by atomic mass is 16.5. The first-order valence-corrected chi connectivity index (χ1v) is 9.97. The molecule has 0 bridgehead atoms. The van der Waals surface area contributed by atoms with Gasteiger partial charge in [-0.3, -0.25) is 14.5 Å². The van der Waals surface area contributed by atoms with Crippen LogP contribution in [-0.2, 0) is 14.3 Å². The SMILES string of the molecule is CC(C)OC(=O)c1ccc(NC(=O)CN2C(=O)C(C)(C)Oc3cc(C(=O)O)ccc32)cc1. The molecule has 2 amide bonds. The number of carboxylic acid groups (broad SMARTS) is 1. The number of aromatic carboxylic acids is 1. The Bertz CT molecular complexity index is 1070. The number of carboxylic acids is 1. The van der Waals surface area contributed by atoms with Gasteiger partial charge in [-0.1, -0.05) is 0 Å². The average molecular weight is 440 g/mol. The van der Waals surface area contributed by atoms with Gasteiger partial charge in [0.25, 0.3) is 5.91 Å². The Hall–Kier alpha value is -3.88. The molecule has 0 aromatic heterocycles. The average Bonchev–Trinajstić information content (AvgIpc) is 2.70. The number of anilines is 2. The molecular formula is C23H24N2O7. The maximum Gasteiger partial charge on any atom is 0.338 e. The zero-order valence-electron chi connectivity index (χ0n) is 18.2. The number of nitrogens with zero attached hydrogens (tertiary/aromatic N) is 1. The summed E-state index contributed by atoms with van der Waals surface area (Å²) in [7, 11) is 0. The number of hydrogen-bond donors (Lipinski definition) is 2. The minimum absolute atomic E-state index is 0.00869. The molecule has 2 aromatic carbocycles. The largest absolute Gasteiger partial charge is 0.478 e. The van der Waals surface area contributed by atoms with Crippen LogP contribution in [-0.4, -0.2) is 47.1 Å². The molecule has 2 N–H and O–H groups in total. The first kappa shape index (κ1) is 22.8. The molecule has 32 heavy (non-hydrogen) atoms. The van der Waals surface area contributed by atoms with Crippen LogP contribution in [0.5, 0.6) is 5.75 Å². The molecule has 3 rings (SSSR count). The van der Waals surface area contributed by atoms with Crippen LogP contribution >= 0.6 is 0 Å². The van der Waals surface area contributed by atoms with Crippen molar-refractivity contribution in [2.75, 3.05) is 16.8 Å². The molecule has 2 aromatic rings. The van der Waals surface area contributed by atoms with E-state index < -0.39 is 29.4 Å². The molecule has 0 fully saturated rings. The summed E-state index contributed by atoms with van der Waals surface area (Å²) in [4.78, 5) is 50.0. The summed E-state index contributed by atoms with van der Waals surface area (Å²) in [6, 6.07) is 10.3. The van der Waals surface area contributed by atoms with Crippen molar-refractivity contribution in [3.8, 4) is 5.75 Å². The van der Waals surface area contributed by atoms with E-state index in [0.717, 1.165) is 0 Å². The minimum atomic E-state index is -1.27. The predicted octanol–water partition coefficient (Wildman–Crippen LogP) is 3.09. The summed E-state index contributed by atoms with van der Waals surface area (Å²) in [5.74, 6) is -2.29. The van der Waals surface area contributed by atoms with Crippen molar-refractivity contribution in [2.24, 2.45) is 0 Å². The van der Waals surface area contributed by atoms with Crippen LogP contribution in [0.25, 0.3) is 0 Å². The maximum atomic E-state index is 12.9. The van der Waals surface area contributed by atoms with Crippen LogP contribution in [0.1, 0.15) is 48.4 Å². The molecule has 0 saturated carbocycles. The predicted molar refractivity (Wildman–Crippen MR) is 116 cm³/mol. The summed E-state index contributed by atoms with van der Waals surface area (Å²) >= 11 is 0. The molecule has 9 nitrogen and oxygen atoms in total. The fraction of sp³-hybridized carbons (Fsp3) is 0.304. The van der Waals surface area contributed by atoms with Gasteiger partial charge in [0.05, 0.1) is 22.9 Å². The van der Waals surface area contributed by atoms with Crippen LogP contribution in [0.4, 0.5) is 11.4 Å². The minimum Gasteiger partial charge on any atom is -0.478 e. The Morgan fingerprint density at radius 1 is 1.09 bits per heavy atom. The van der Waals surface area contributed by atoms with Crippen molar-refractivity contribution in [1.29, 1.82) is 0 Å². The molecule has 1 heterocycles. The lowest BCUT2D eigenvalue weighted by Gasteiger charge is -2.38. The molecule has 0 unspecified atom stereocenters. The molecule has 0 radical (unpaired) electrons. The summed E-state index contributed by atoms with van der Waals surface area (Å²) in [5, 5.41) is 11.9. The quantitative estimate of drug-likeness (QED) is 0.662. The van der Waals surface area contributed by atoms with Gasteiger partial charge < -0.3 is 19.9 Å². The molecular weight excluding hydrogens is 416 g/mol. The molecule has 9 heteroatoms. The molecule has 0 aliphatic carbocycles. The van der Waals surface area contributed by atoms with Crippen LogP contribution in [0.2, 0.25) is 0 Å². The van der Waals surface area contributed by atoms with Gasteiger partial charge in [0.1, 0.15) is 12.3 Å². The number of rotatable bonds is 6. The van der Waals surface area contributed by atoms with E-state index >= 15 is 0 Å². The van der Waals surface area contributed by atoms with Crippen molar-refractivity contribution in [3.63, 3.8) is 0 Å². The summed E-state index contributed by atoms with van der Waals surface area (Å²) in [6.45, 7) is 6.29. The fourth-order valence-corrected chi connectivity index (χ4v) is 3.18. The number of benzene rings is 2. The van der Waals surface area contributed by atoms with E-state index in [1.807, 2.05) is 0 Å². The van der Waals surface area contributed by atoms with Crippen molar-refractivity contribution in [3.05, 3.63) is 53.6 Å². The van der Waals surface area contributed by atoms with Crippen molar-refractivity contribution >= 4 is 35.1 Å². The number of esters is 1. The second-order valence-electron chi connectivity index (χ2n) is 8.07. The van der Waals surface area contributed by atoms with Gasteiger partial charge in [-0.2, -0.15) is 0 Å². The first-order valence-electron chi connectivity index (χ1n) is 9.97. The molecule has 0 atom stereocenters. The van der Waals surface area contributed by atoms with Gasteiger partial charge in [0.2, 0.25) is 5.91 Å². The third kappa shape index (κ3) is 4.88. The van der Waals surface area contributed by atoms with Crippen molar-refractivity contribution < 1.29 is 33.8 Å². The number of fused-ring (bicyclic) bond motifs is 1. The molecule has 1 aliphatic heterocycles. The van der Waals surface area contributed by atoms with Gasteiger partial charge in [-0.15, -0.1) is 0 Å². The Morgan fingerprint density at radius 3 is 2.31 bits per heavy atom. The van der Waals surface area contributed by atoms with Crippen LogP contribution < -0.4 is 15.0 Å². The van der Waals surface area contributed by atoms with E-state index in [2.05, 4.69) is 5.32 Å². The lowest BCUT2D eigenvalue weighted by atomic mass is 10.0. The van der Waals surface area contributed by atoms with E-state index in [-0.39, 0.29) is 24.0 Å². The van der Waals surface area contributed by atoms with E-state index in [1.165, 1.54) is 35.2 Å². The van der Waals surface area contributed by atoms with Gasteiger partial charge in [-0.25, -0.2) is 9.59 Å². The van der Waals surface area contributed by atoms with E-state index in [1.54, 1.807) is 39.8 Å². The number of ether oxygens (including phenoxy) is 2. The fourth-order valence-electron chi connectivity index (χ4n) is 3.18. The number of carbonyl (C=O) groups is 4. The van der Waals surface area contributed by atoms with Gasteiger partial charge >= 0.3 is 11.9 Å². The smallest absolute Gasteiger partial charge is 0.338 e. The van der Waals surface area contributed by atoms with Crippen molar-refractivity contribution in [1.82, 2.24) is 0 Å². The Morgan fingerprint density at radius 2 is 1.72 bits per heavy atom. The standard InChI is InChI=1S/C23H24N2O7/c1-13(2)31-21(29)14-5-8-16(9-6-14)24-19(26)12-25-17-10-7-15(20(27)28)11-18(17)32-23(3,4)22(25)30/h5-11,13H,12H2,1-4H3,(H,24,26)(H,27,28). The Labute approximate surface area is 184 Å². The van der Waals surface area contributed by atoms with Crippen LogP contribution in [0.3, 0.4) is 0 Å². The molecule has 0 spiro atoms. The topological polar surface area (TPSA) is 122 Å². The number of amides is 2. The third-order valence-electron chi connectivity index (χ3n) is 4.67. The third-order valence-corrected chi connectivity index (χ3v) is 4.67. The molecule has 1 aliphatic rings. The summed E-state index contributed by atoms with van der Waals surface area (Å²) in [6.07, 6.45) is -0.244. The van der Waals surface area contributed by atoms with Crippen LogP contribution in [0.15, 0.2) is 42.5 Å². The first-order chi connectivity index (χ1) is 15.0.